The van der Waals surface area contributed by atoms with Crippen molar-refractivity contribution in [2.75, 3.05) is 6.54 Å². The second kappa shape index (κ2) is 7.05. The number of ketones is 1. The summed E-state index contributed by atoms with van der Waals surface area (Å²) in [6.07, 6.45) is 6.81. The maximum Gasteiger partial charge on any atom is 0.137 e. The van der Waals surface area contributed by atoms with Crippen molar-refractivity contribution in [2.45, 2.75) is 65.3 Å². The first-order chi connectivity index (χ1) is 7.67. The van der Waals surface area contributed by atoms with Crippen molar-refractivity contribution < 1.29 is 4.79 Å². The summed E-state index contributed by atoms with van der Waals surface area (Å²) in [5, 5.41) is 3.31. The van der Waals surface area contributed by atoms with E-state index in [1.165, 1.54) is 19.3 Å². The van der Waals surface area contributed by atoms with Gasteiger partial charge in [-0.2, -0.15) is 0 Å². The van der Waals surface area contributed by atoms with Crippen LogP contribution in [0.1, 0.15) is 59.3 Å². The third kappa shape index (κ3) is 4.25. The van der Waals surface area contributed by atoms with Crippen LogP contribution in [0.5, 0.6) is 0 Å². The molecule has 0 aromatic rings. The number of carbonyl (C=O) groups excluding carboxylic acids is 1. The first-order valence-corrected chi connectivity index (χ1v) is 6.93. The molecule has 1 saturated carbocycles. The van der Waals surface area contributed by atoms with Gasteiger partial charge in [0, 0.05) is 18.4 Å². The number of carbonyl (C=O) groups is 1. The van der Waals surface area contributed by atoms with Crippen LogP contribution in [0.2, 0.25) is 0 Å². The van der Waals surface area contributed by atoms with Crippen LogP contribution in [0.25, 0.3) is 0 Å². The summed E-state index contributed by atoms with van der Waals surface area (Å²) in [5.41, 5.74) is 0. The fourth-order valence-electron chi connectivity index (χ4n) is 2.78. The number of Topliss-reactive ketones (excluding diaryl/α,β-unsaturated/α-hetero) is 1. The molecule has 0 aromatic heterocycles. The molecule has 1 rings (SSSR count). The zero-order chi connectivity index (χ0) is 12.0. The lowest BCUT2D eigenvalue weighted by Crippen LogP contribution is -2.31. The Kier molecular flexibility index (Phi) is 6.04. The van der Waals surface area contributed by atoms with Gasteiger partial charge in [-0.05, 0) is 45.1 Å². The molecule has 1 N–H and O–H groups in total. The molecular weight excluding hydrogens is 198 g/mol. The Morgan fingerprint density at radius 1 is 1.25 bits per heavy atom. The molecule has 16 heavy (non-hydrogen) atoms. The van der Waals surface area contributed by atoms with E-state index < -0.39 is 0 Å². The van der Waals surface area contributed by atoms with Crippen LogP contribution in [0, 0.1) is 11.8 Å². The SMILES string of the molecule is CCNC(C)CC(=O)C1CCC(CC)CC1. The third-order valence-electron chi connectivity index (χ3n) is 3.94. The van der Waals surface area contributed by atoms with Crippen molar-refractivity contribution in [3.05, 3.63) is 0 Å². The normalized spacial score (nSPS) is 27.7. The maximum absolute atomic E-state index is 12.0. The van der Waals surface area contributed by atoms with Crippen LogP contribution >= 0.6 is 0 Å². The first kappa shape index (κ1) is 13.7. The Balaban J connectivity index is 2.27. The van der Waals surface area contributed by atoms with E-state index in [9.17, 15) is 4.79 Å². The number of hydrogen-bond donors (Lipinski definition) is 1. The minimum atomic E-state index is 0.349. The molecule has 0 heterocycles. The summed E-state index contributed by atoms with van der Waals surface area (Å²) in [7, 11) is 0. The van der Waals surface area contributed by atoms with E-state index in [1.54, 1.807) is 0 Å². The largest absolute Gasteiger partial charge is 0.314 e. The van der Waals surface area contributed by atoms with Gasteiger partial charge >= 0.3 is 0 Å². The average Bonchev–Trinajstić information content (AvgIpc) is 2.29. The molecule has 0 aliphatic heterocycles. The molecule has 1 atom stereocenters. The Bertz CT molecular complexity index is 207. The highest BCUT2D eigenvalue weighted by molar-refractivity contribution is 5.81. The molecule has 94 valence electrons. The molecule has 0 spiro atoms. The predicted octanol–water partition coefficient (Wildman–Crippen LogP) is 3.16. The fourth-order valence-corrected chi connectivity index (χ4v) is 2.78. The van der Waals surface area contributed by atoms with E-state index in [-0.39, 0.29) is 0 Å². The molecule has 1 fully saturated rings. The van der Waals surface area contributed by atoms with Gasteiger partial charge in [0.1, 0.15) is 5.78 Å². The molecule has 1 aliphatic rings. The third-order valence-corrected chi connectivity index (χ3v) is 3.94. The lowest BCUT2D eigenvalue weighted by molar-refractivity contribution is -0.124. The van der Waals surface area contributed by atoms with Gasteiger partial charge < -0.3 is 5.32 Å². The first-order valence-electron chi connectivity index (χ1n) is 6.93. The minimum Gasteiger partial charge on any atom is -0.314 e. The Morgan fingerprint density at radius 2 is 1.88 bits per heavy atom. The van der Waals surface area contributed by atoms with Crippen molar-refractivity contribution in [1.29, 1.82) is 0 Å². The van der Waals surface area contributed by atoms with Crippen LogP contribution in [0.3, 0.4) is 0 Å². The fraction of sp³-hybridized carbons (Fsp3) is 0.929. The number of nitrogens with one attached hydrogen (secondary N) is 1. The molecule has 0 radical (unpaired) electrons. The van der Waals surface area contributed by atoms with E-state index in [2.05, 4.69) is 26.1 Å². The second-order valence-electron chi connectivity index (χ2n) is 5.26. The van der Waals surface area contributed by atoms with Gasteiger partial charge in [0.2, 0.25) is 0 Å². The molecule has 1 unspecified atom stereocenters. The van der Waals surface area contributed by atoms with Crippen molar-refractivity contribution in [3.8, 4) is 0 Å². The van der Waals surface area contributed by atoms with E-state index >= 15 is 0 Å². The second-order valence-corrected chi connectivity index (χ2v) is 5.26. The van der Waals surface area contributed by atoms with Crippen LogP contribution in [0.15, 0.2) is 0 Å². The van der Waals surface area contributed by atoms with E-state index in [0.29, 0.717) is 17.7 Å². The molecule has 0 bridgehead atoms. The standard InChI is InChI=1S/C14H27NO/c1-4-12-6-8-13(9-7-12)14(16)10-11(3)15-5-2/h11-13,15H,4-10H2,1-3H3. The molecule has 2 heteroatoms. The quantitative estimate of drug-likeness (QED) is 0.752. The highest BCUT2D eigenvalue weighted by Gasteiger charge is 2.25. The van der Waals surface area contributed by atoms with Gasteiger partial charge in [-0.3, -0.25) is 4.79 Å². The van der Waals surface area contributed by atoms with Crippen molar-refractivity contribution in [2.24, 2.45) is 11.8 Å². The summed E-state index contributed by atoms with van der Waals surface area (Å²) < 4.78 is 0. The van der Waals surface area contributed by atoms with Gasteiger partial charge in [0.25, 0.3) is 0 Å². The topological polar surface area (TPSA) is 29.1 Å². The van der Waals surface area contributed by atoms with E-state index in [4.69, 9.17) is 0 Å². The van der Waals surface area contributed by atoms with Crippen molar-refractivity contribution >= 4 is 5.78 Å². The number of hydrogen-bond acceptors (Lipinski definition) is 2. The molecule has 2 nitrogen and oxygen atoms in total. The summed E-state index contributed by atoms with van der Waals surface area (Å²) >= 11 is 0. The van der Waals surface area contributed by atoms with Gasteiger partial charge in [-0.1, -0.05) is 20.3 Å². The summed E-state index contributed by atoms with van der Waals surface area (Å²) in [4.78, 5) is 12.0. The highest BCUT2D eigenvalue weighted by atomic mass is 16.1. The maximum atomic E-state index is 12.0. The van der Waals surface area contributed by atoms with Gasteiger partial charge in [-0.15, -0.1) is 0 Å². The molecule has 0 aromatic carbocycles. The summed E-state index contributed by atoms with van der Waals surface area (Å²) in [5.74, 6) is 1.74. The zero-order valence-electron chi connectivity index (χ0n) is 11.1. The summed E-state index contributed by atoms with van der Waals surface area (Å²) in [6.45, 7) is 7.42. The van der Waals surface area contributed by atoms with Gasteiger partial charge in [0.05, 0.1) is 0 Å². The van der Waals surface area contributed by atoms with E-state index in [0.717, 1.165) is 31.7 Å². The Labute approximate surface area is 100 Å². The van der Waals surface area contributed by atoms with Crippen molar-refractivity contribution in [3.63, 3.8) is 0 Å². The van der Waals surface area contributed by atoms with Crippen LogP contribution < -0.4 is 5.32 Å². The lowest BCUT2D eigenvalue weighted by Gasteiger charge is -2.27. The number of rotatable bonds is 6. The smallest absolute Gasteiger partial charge is 0.137 e. The molecule has 0 amide bonds. The monoisotopic (exact) mass is 225 g/mol. The Hall–Kier alpha value is -0.370. The molecule has 0 saturated heterocycles. The lowest BCUT2D eigenvalue weighted by atomic mass is 9.78. The van der Waals surface area contributed by atoms with Gasteiger partial charge in [-0.25, -0.2) is 0 Å². The predicted molar refractivity (Wildman–Crippen MR) is 68.5 cm³/mol. The molecule has 1 aliphatic carbocycles. The average molecular weight is 225 g/mol. The zero-order valence-corrected chi connectivity index (χ0v) is 11.1. The van der Waals surface area contributed by atoms with Gasteiger partial charge in [0.15, 0.2) is 0 Å². The highest BCUT2D eigenvalue weighted by Crippen LogP contribution is 2.31. The Morgan fingerprint density at radius 3 is 2.38 bits per heavy atom. The minimum absolute atomic E-state index is 0.349. The van der Waals surface area contributed by atoms with Crippen molar-refractivity contribution in [1.82, 2.24) is 5.32 Å². The summed E-state index contributed by atoms with van der Waals surface area (Å²) in [6, 6.07) is 0.349. The van der Waals surface area contributed by atoms with Crippen LogP contribution in [-0.4, -0.2) is 18.4 Å². The van der Waals surface area contributed by atoms with Crippen LogP contribution in [-0.2, 0) is 4.79 Å². The van der Waals surface area contributed by atoms with Crippen LogP contribution in [0.4, 0.5) is 0 Å². The van der Waals surface area contributed by atoms with E-state index in [1.807, 2.05) is 0 Å². The molecular formula is C14H27NO.